The number of aliphatic hydroxyl groups is 1. The molecule has 0 radical (unpaired) electrons. The van der Waals surface area contributed by atoms with Crippen LogP contribution in [0.1, 0.15) is 35.4 Å². The highest BCUT2D eigenvalue weighted by molar-refractivity contribution is 5.94. The van der Waals surface area contributed by atoms with E-state index in [0.29, 0.717) is 38.2 Å². The van der Waals surface area contributed by atoms with Crippen molar-refractivity contribution in [3.05, 3.63) is 47.7 Å². The van der Waals surface area contributed by atoms with Crippen LogP contribution in [-0.4, -0.2) is 54.4 Å². The molecule has 2 aliphatic rings. The average molecular weight is 421 g/mol. The van der Waals surface area contributed by atoms with Gasteiger partial charge in [0.25, 0.3) is 5.91 Å². The van der Waals surface area contributed by atoms with Gasteiger partial charge in [-0.2, -0.15) is 0 Å². The van der Waals surface area contributed by atoms with Crippen LogP contribution in [0.25, 0.3) is 11.3 Å². The molecular weight excluding hydrogens is 392 g/mol. The van der Waals surface area contributed by atoms with E-state index in [4.69, 9.17) is 14.9 Å². The molecule has 2 aromatic rings. The first-order chi connectivity index (χ1) is 13.5. The Hall–Kier alpha value is -1.86. The number of carbonyl (C=O) groups excluding carboxylic acids is 1. The van der Waals surface area contributed by atoms with E-state index in [1.54, 1.807) is 0 Å². The number of hydrogen-bond acceptors (Lipinski definition) is 5. The lowest BCUT2D eigenvalue weighted by atomic mass is 9.58. The molecule has 0 bridgehead atoms. The van der Waals surface area contributed by atoms with Crippen molar-refractivity contribution in [2.75, 3.05) is 26.2 Å². The molecule has 2 fully saturated rings. The van der Waals surface area contributed by atoms with Crippen molar-refractivity contribution in [1.82, 2.24) is 4.90 Å². The van der Waals surface area contributed by atoms with Gasteiger partial charge < -0.3 is 24.9 Å². The van der Waals surface area contributed by atoms with E-state index in [1.807, 2.05) is 48.2 Å². The fraction of sp³-hybridized carbons (Fsp3) is 0.500. The first-order valence-electron chi connectivity index (χ1n) is 9.99. The Morgan fingerprint density at radius 2 is 1.93 bits per heavy atom. The molecule has 158 valence electrons. The van der Waals surface area contributed by atoms with E-state index in [-0.39, 0.29) is 35.9 Å². The highest BCUT2D eigenvalue weighted by Gasteiger charge is 2.56. The van der Waals surface area contributed by atoms with Crippen LogP contribution in [0.4, 0.5) is 0 Å². The summed E-state index contributed by atoms with van der Waals surface area (Å²) in [6.45, 7) is 4.19. The third-order valence-electron chi connectivity index (χ3n) is 6.32. The van der Waals surface area contributed by atoms with Crippen LogP contribution in [0.15, 0.2) is 40.8 Å². The number of piperidine rings is 1. The number of nitrogens with zero attached hydrogens (tertiary/aromatic N) is 1. The van der Waals surface area contributed by atoms with E-state index in [0.717, 1.165) is 29.9 Å². The molecule has 1 aliphatic heterocycles. The maximum atomic E-state index is 12.9. The zero-order valence-electron chi connectivity index (χ0n) is 16.7. The maximum Gasteiger partial charge on any atom is 0.253 e. The third-order valence-corrected chi connectivity index (χ3v) is 6.32. The minimum atomic E-state index is -0.344. The molecule has 2 atom stereocenters. The van der Waals surface area contributed by atoms with Gasteiger partial charge in [-0.25, -0.2) is 0 Å². The number of amides is 1. The van der Waals surface area contributed by atoms with Crippen LogP contribution in [-0.2, 0) is 4.74 Å². The molecule has 7 heteroatoms. The molecule has 1 aromatic heterocycles. The highest BCUT2D eigenvalue weighted by atomic mass is 35.5. The van der Waals surface area contributed by atoms with Crippen LogP contribution in [0.2, 0.25) is 0 Å². The zero-order chi connectivity index (χ0) is 19.7. The molecule has 4 rings (SSSR count). The van der Waals surface area contributed by atoms with Gasteiger partial charge in [0.05, 0.1) is 18.8 Å². The van der Waals surface area contributed by atoms with Crippen LogP contribution < -0.4 is 5.73 Å². The molecule has 3 N–H and O–H groups in total. The van der Waals surface area contributed by atoms with E-state index in [1.165, 1.54) is 0 Å². The zero-order valence-corrected chi connectivity index (χ0v) is 17.5. The van der Waals surface area contributed by atoms with Gasteiger partial charge in [0.2, 0.25) is 0 Å². The first kappa shape index (κ1) is 21.8. The lowest BCUT2D eigenvalue weighted by Crippen LogP contribution is -2.62. The smallest absolute Gasteiger partial charge is 0.253 e. The summed E-state index contributed by atoms with van der Waals surface area (Å²) >= 11 is 0. The average Bonchev–Trinajstić information content (AvgIpc) is 3.17. The SMILES string of the molecule is Cc1ccc(-c2ccc(C(=O)N3CCC4(CC3)[C@H](O)C[C@@H]4OCCN)cc2)o1.Cl. The number of carbonyl (C=O) groups is 1. The van der Waals surface area contributed by atoms with Crippen LogP contribution in [0.5, 0.6) is 0 Å². The van der Waals surface area contributed by atoms with Gasteiger partial charge >= 0.3 is 0 Å². The molecule has 1 amide bonds. The monoisotopic (exact) mass is 420 g/mol. The number of aryl methyl sites for hydroxylation is 1. The number of likely N-dealkylation sites (tertiary alicyclic amines) is 1. The number of furan rings is 1. The fourth-order valence-corrected chi connectivity index (χ4v) is 4.50. The third kappa shape index (κ3) is 4.08. The lowest BCUT2D eigenvalue weighted by molar-refractivity contribution is -0.207. The number of benzene rings is 1. The summed E-state index contributed by atoms with van der Waals surface area (Å²) in [6, 6.07) is 11.4. The second-order valence-corrected chi connectivity index (χ2v) is 7.91. The van der Waals surface area contributed by atoms with Crippen molar-refractivity contribution >= 4 is 18.3 Å². The molecule has 1 saturated carbocycles. The largest absolute Gasteiger partial charge is 0.461 e. The second kappa shape index (κ2) is 8.88. The number of halogens is 1. The van der Waals surface area contributed by atoms with Gasteiger partial charge in [-0.15, -0.1) is 12.4 Å². The Morgan fingerprint density at radius 3 is 2.48 bits per heavy atom. The molecule has 29 heavy (non-hydrogen) atoms. The molecule has 1 spiro atoms. The Balaban J connectivity index is 0.00000240. The molecular formula is C22H29ClN2O4. The van der Waals surface area contributed by atoms with Crippen molar-refractivity contribution in [2.24, 2.45) is 11.1 Å². The highest BCUT2D eigenvalue weighted by Crippen LogP contribution is 2.51. The normalized spacial score (nSPS) is 22.8. The summed E-state index contributed by atoms with van der Waals surface area (Å²) in [5.41, 5.74) is 6.95. The molecule has 6 nitrogen and oxygen atoms in total. The first-order valence-corrected chi connectivity index (χ1v) is 9.99. The Labute approximate surface area is 177 Å². The maximum absolute atomic E-state index is 12.9. The van der Waals surface area contributed by atoms with Gasteiger partial charge in [0, 0.05) is 42.6 Å². The summed E-state index contributed by atoms with van der Waals surface area (Å²) in [5, 5.41) is 10.4. The minimum Gasteiger partial charge on any atom is -0.461 e. The molecule has 2 heterocycles. The lowest BCUT2D eigenvalue weighted by Gasteiger charge is -2.56. The molecule has 1 aliphatic carbocycles. The van der Waals surface area contributed by atoms with Crippen molar-refractivity contribution in [1.29, 1.82) is 0 Å². The summed E-state index contributed by atoms with van der Waals surface area (Å²) in [4.78, 5) is 14.8. The quantitative estimate of drug-likeness (QED) is 0.776. The summed E-state index contributed by atoms with van der Waals surface area (Å²) in [7, 11) is 0. The Bertz CT molecular complexity index is 828. The van der Waals surface area contributed by atoms with E-state index in [9.17, 15) is 9.90 Å². The van der Waals surface area contributed by atoms with Crippen molar-refractivity contribution in [3.63, 3.8) is 0 Å². The molecule has 1 saturated heterocycles. The number of rotatable bonds is 5. The topological polar surface area (TPSA) is 88.9 Å². The van der Waals surface area contributed by atoms with Gasteiger partial charge in [-0.05, 0) is 44.0 Å². The van der Waals surface area contributed by atoms with Crippen molar-refractivity contribution in [2.45, 2.75) is 38.4 Å². The van der Waals surface area contributed by atoms with Crippen molar-refractivity contribution < 1.29 is 19.1 Å². The van der Waals surface area contributed by atoms with E-state index in [2.05, 4.69) is 0 Å². The summed E-state index contributed by atoms with van der Waals surface area (Å²) in [6.07, 6.45) is 1.90. The van der Waals surface area contributed by atoms with Gasteiger partial charge in [-0.3, -0.25) is 4.79 Å². The van der Waals surface area contributed by atoms with Gasteiger partial charge in [0.1, 0.15) is 11.5 Å². The van der Waals surface area contributed by atoms with Crippen LogP contribution in [0.3, 0.4) is 0 Å². The van der Waals surface area contributed by atoms with Crippen LogP contribution in [0, 0.1) is 12.3 Å². The van der Waals surface area contributed by atoms with Crippen LogP contribution >= 0.6 is 12.4 Å². The van der Waals surface area contributed by atoms with Crippen molar-refractivity contribution in [3.8, 4) is 11.3 Å². The molecule has 1 aromatic carbocycles. The fourth-order valence-electron chi connectivity index (χ4n) is 4.50. The van der Waals surface area contributed by atoms with Gasteiger partial charge in [-0.1, -0.05) is 12.1 Å². The predicted molar refractivity (Wildman–Crippen MR) is 113 cm³/mol. The Morgan fingerprint density at radius 1 is 1.24 bits per heavy atom. The second-order valence-electron chi connectivity index (χ2n) is 7.91. The predicted octanol–water partition coefficient (Wildman–Crippen LogP) is 3.01. The minimum absolute atomic E-state index is 0. The number of ether oxygens (including phenoxy) is 1. The Kier molecular flexibility index (Phi) is 6.69. The van der Waals surface area contributed by atoms with E-state index >= 15 is 0 Å². The van der Waals surface area contributed by atoms with E-state index < -0.39 is 0 Å². The summed E-state index contributed by atoms with van der Waals surface area (Å²) in [5.74, 6) is 1.70. The molecule has 0 unspecified atom stereocenters. The summed E-state index contributed by atoms with van der Waals surface area (Å²) < 4.78 is 11.5. The standard InChI is InChI=1S/C22H28N2O4.ClH/c1-15-2-7-18(28-15)16-3-5-17(6-4-16)21(26)24-11-8-22(9-12-24)19(25)14-20(22)27-13-10-23;/h2-7,19-20,25H,8-14,23H2,1H3;1H/t19-,20+;/m1./s1. The van der Waals surface area contributed by atoms with Gasteiger partial charge in [0.15, 0.2) is 0 Å². The number of aliphatic hydroxyl groups excluding tert-OH is 1. The number of nitrogens with two attached hydrogens (primary N) is 1. The number of hydrogen-bond donors (Lipinski definition) is 2.